The fraction of sp³-hybridized carbons (Fsp3) is 0.435. The van der Waals surface area contributed by atoms with Crippen molar-refractivity contribution in [1.82, 2.24) is 25.3 Å². The quantitative estimate of drug-likeness (QED) is 0.380. The van der Waals surface area contributed by atoms with Crippen LogP contribution in [0, 0.1) is 0 Å². The van der Waals surface area contributed by atoms with E-state index in [0.717, 1.165) is 11.3 Å². The third-order valence-electron chi connectivity index (χ3n) is 5.65. The Morgan fingerprint density at radius 3 is 2.72 bits per heavy atom. The molecule has 1 saturated carbocycles. The second kappa shape index (κ2) is 10.4. The molecule has 13 heteroatoms. The number of sulfonamides is 1. The first-order valence-corrected chi connectivity index (χ1v) is 13.7. The van der Waals surface area contributed by atoms with Gasteiger partial charge in [0, 0.05) is 19.5 Å². The Balaban J connectivity index is 1.56. The zero-order chi connectivity index (χ0) is 25.9. The van der Waals surface area contributed by atoms with Crippen molar-refractivity contribution in [2.45, 2.75) is 50.5 Å². The molecule has 3 heterocycles. The summed E-state index contributed by atoms with van der Waals surface area (Å²) in [4.78, 5) is 31.0. The lowest BCUT2D eigenvalue weighted by Crippen LogP contribution is -2.44. The molecule has 0 unspecified atom stereocenters. The summed E-state index contributed by atoms with van der Waals surface area (Å²) in [5.41, 5.74) is 0.498. The van der Waals surface area contributed by atoms with Gasteiger partial charge in [-0.25, -0.2) is 18.4 Å². The maximum absolute atomic E-state index is 13.2. The highest BCUT2D eigenvalue weighted by Gasteiger charge is 2.37. The van der Waals surface area contributed by atoms with E-state index in [1.807, 2.05) is 20.8 Å². The summed E-state index contributed by atoms with van der Waals surface area (Å²) in [7, 11) is -1.91. The predicted molar refractivity (Wildman–Crippen MR) is 135 cm³/mol. The SMILES string of the molecule is CCOc1cncc(-c2cnc(C(=O)N[C@@H](c3cc(NS(=O)(=O)C4CC4)ccn3)C(C)(C)OC)s2)n1. The van der Waals surface area contributed by atoms with Gasteiger partial charge >= 0.3 is 0 Å². The van der Waals surface area contributed by atoms with Crippen molar-refractivity contribution >= 4 is 33.0 Å². The Labute approximate surface area is 213 Å². The van der Waals surface area contributed by atoms with Gasteiger partial charge in [-0.05, 0) is 45.7 Å². The number of pyridine rings is 1. The molecule has 3 aromatic heterocycles. The van der Waals surface area contributed by atoms with Crippen molar-refractivity contribution in [2.24, 2.45) is 0 Å². The van der Waals surface area contributed by atoms with E-state index in [1.165, 1.54) is 19.5 Å². The number of nitrogens with zero attached hydrogens (tertiary/aromatic N) is 4. The van der Waals surface area contributed by atoms with Gasteiger partial charge in [-0.15, -0.1) is 11.3 Å². The number of carbonyl (C=O) groups is 1. The third kappa shape index (κ3) is 5.97. The van der Waals surface area contributed by atoms with Crippen LogP contribution in [0.1, 0.15) is 55.2 Å². The number of methoxy groups -OCH3 is 1. The normalized spacial score (nSPS) is 14.8. The zero-order valence-electron chi connectivity index (χ0n) is 20.4. The smallest absolute Gasteiger partial charge is 0.280 e. The molecule has 3 aromatic rings. The standard InChI is InChI=1S/C23H28N6O5S2/c1-5-34-19-13-24-11-17(27-19)18-12-26-22(35-18)21(30)28-20(23(2,3)33-4)16-10-14(8-9-25-16)29-36(31,32)15-6-7-15/h8-13,15,20H,5-7H2,1-4H3,(H,25,29)(H,28,30)/t20-/m0/s1. The van der Waals surface area contributed by atoms with Crippen LogP contribution in [-0.4, -0.2) is 58.8 Å². The van der Waals surface area contributed by atoms with E-state index in [1.54, 1.807) is 24.5 Å². The van der Waals surface area contributed by atoms with E-state index in [4.69, 9.17) is 9.47 Å². The largest absolute Gasteiger partial charge is 0.477 e. The minimum Gasteiger partial charge on any atom is -0.477 e. The Bertz CT molecular complexity index is 1340. The molecule has 0 saturated heterocycles. The van der Waals surface area contributed by atoms with Gasteiger partial charge < -0.3 is 14.8 Å². The number of carbonyl (C=O) groups excluding carboxylic acids is 1. The maximum atomic E-state index is 13.2. The Hall–Kier alpha value is -3.16. The van der Waals surface area contributed by atoms with Crippen LogP contribution in [-0.2, 0) is 14.8 Å². The van der Waals surface area contributed by atoms with Crippen LogP contribution in [0.3, 0.4) is 0 Å². The van der Waals surface area contributed by atoms with Crippen LogP contribution in [0.25, 0.3) is 10.6 Å². The molecule has 192 valence electrons. The number of aromatic nitrogens is 4. The third-order valence-corrected chi connectivity index (χ3v) is 8.54. The minimum absolute atomic E-state index is 0.219. The van der Waals surface area contributed by atoms with E-state index in [-0.39, 0.29) is 10.3 Å². The Kier molecular flexibility index (Phi) is 7.52. The zero-order valence-corrected chi connectivity index (χ0v) is 22.0. The molecule has 2 N–H and O–H groups in total. The molecule has 1 atom stereocenters. The number of ether oxygens (including phenoxy) is 2. The van der Waals surface area contributed by atoms with Crippen LogP contribution >= 0.6 is 11.3 Å². The minimum atomic E-state index is -3.44. The van der Waals surface area contributed by atoms with E-state index >= 15 is 0 Å². The van der Waals surface area contributed by atoms with Crippen molar-refractivity contribution in [3.8, 4) is 16.5 Å². The summed E-state index contributed by atoms with van der Waals surface area (Å²) in [6.07, 6.45) is 7.45. The van der Waals surface area contributed by atoms with Gasteiger partial charge in [-0.2, -0.15) is 0 Å². The first kappa shape index (κ1) is 25.9. The van der Waals surface area contributed by atoms with Crippen molar-refractivity contribution in [3.63, 3.8) is 0 Å². The van der Waals surface area contributed by atoms with Crippen molar-refractivity contribution in [3.05, 3.63) is 47.6 Å². The monoisotopic (exact) mass is 532 g/mol. The molecule has 11 nitrogen and oxygen atoms in total. The number of nitrogens with one attached hydrogen (secondary N) is 2. The van der Waals surface area contributed by atoms with Crippen LogP contribution in [0.5, 0.6) is 5.88 Å². The molecule has 1 aliphatic rings. The van der Waals surface area contributed by atoms with Crippen molar-refractivity contribution in [2.75, 3.05) is 18.4 Å². The lowest BCUT2D eigenvalue weighted by molar-refractivity contribution is -0.0111. The second-order valence-corrected chi connectivity index (χ2v) is 11.7. The van der Waals surface area contributed by atoms with Gasteiger partial charge in [0.25, 0.3) is 5.91 Å². The molecule has 4 rings (SSSR count). The molecular formula is C23H28N6O5S2. The molecule has 0 bridgehead atoms. The molecular weight excluding hydrogens is 504 g/mol. The van der Waals surface area contributed by atoms with Crippen molar-refractivity contribution < 1.29 is 22.7 Å². The van der Waals surface area contributed by atoms with E-state index in [2.05, 4.69) is 30.0 Å². The lowest BCUT2D eigenvalue weighted by atomic mass is 9.94. The summed E-state index contributed by atoms with van der Waals surface area (Å²) in [6, 6.07) is 2.48. The van der Waals surface area contributed by atoms with Crippen LogP contribution < -0.4 is 14.8 Å². The highest BCUT2D eigenvalue weighted by Crippen LogP contribution is 2.32. The Morgan fingerprint density at radius 1 is 1.25 bits per heavy atom. The van der Waals surface area contributed by atoms with Gasteiger partial charge in [0.1, 0.15) is 11.7 Å². The predicted octanol–water partition coefficient (Wildman–Crippen LogP) is 3.19. The van der Waals surface area contributed by atoms with Crippen LogP contribution in [0.4, 0.5) is 5.69 Å². The van der Waals surface area contributed by atoms with Gasteiger partial charge in [0.2, 0.25) is 15.9 Å². The topological polar surface area (TPSA) is 145 Å². The second-order valence-electron chi connectivity index (χ2n) is 8.74. The lowest BCUT2D eigenvalue weighted by Gasteiger charge is -2.33. The Morgan fingerprint density at radius 2 is 2.03 bits per heavy atom. The first-order chi connectivity index (χ1) is 17.1. The molecule has 36 heavy (non-hydrogen) atoms. The molecule has 0 aliphatic heterocycles. The molecule has 1 fully saturated rings. The number of thiazole rings is 1. The van der Waals surface area contributed by atoms with E-state index < -0.39 is 27.6 Å². The number of amides is 1. The average molecular weight is 533 g/mol. The fourth-order valence-corrected chi connectivity index (χ4v) is 5.54. The summed E-state index contributed by atoms with van der Waals surface area (Å²) in [5.74, 6) is -0.0411. The van der Waals surface area contributed by atoms with Gasteiger partial charge in [0.15, 0.2) is 5.01 Å². The number of anilines is 1. The summed E-state index contributed by atoms with van der Waals surface area (Å²) >= 11 is 1.16. The van der Waals surface area contributed by atoms with Crippen LogP contribution in [0.15, 0.2) is 36.9 Å². The molecule has 0 spiro atoms. The number of hydrogen-bond donors (Lipinski definition) is 2. The van der Waals surface area contributed by atoms with Gasteiger partial charge in [0.05, 0.1) is 46.1 Å². The molecule has 0 radical (unpaired) electrons. The first-order valence-electron chi connectivity index (χ1n) is 11.4. The van der Waals surface area contributed by atoms with E-state index in [9.17, 15) is 13.2 Å². The maximum Gasteiger partial charge on any atom is 0.280 e. The number of rotatable bonds is 11. The highest BCUT2D eigenvalue weighted by atomic mass is 32.2. The summed E-state index contributed by atoms with van der Waals surface area (Å²) < 4.78 is 38.4. The number of hydrogen-bond acceptors (Lipinski definition) is 10. The van der Waals surface area contributed by atoms with E-state index in [0.29, 0.717) is 47.3 Å². The van der Waals surface area contributed by atoms with Gasteiger partial charge in [-0.3, -0.25) is 19.5 Å². The fourth-order valence-electron chi connectivity index (χ4n) is 3.39. The van der Waals surface area contributed by atoms with Crippen LogP contribution in [0.2, 0.25) is 0 Å². The van der Waals surface area contributed by atoms with Gasteiger partial charge in [-0.1, -0.05) is 0 Å². The van der Waals surface area contributed by atoms with Crippen molar-refractivity contribution in [1.29, 1.82) is 0 Å². The summed E-state index contributed by atoms with van der Waals surface area (Å²) in [5, 5.41) is 2.80. The highest BCUT2D eigenvalue weighted by molar-refractivity contribution is 7.93. The molecule has 1 amide bonds. The summed E-state index contributed by atoms with van der Waals surface area (Å²) in [6.45, 7) is 5.93. The molecule has 1 aliphatic carbocycles. The molecule has 0 aromatic carbocycles. The average Bonchev–Trinajstić information content (AvgIpc) is 3.60.